The van der Waals surface area contributed by atoms with Crippen molar-refractivity contribution in [3.8, 4) is 11.8 Å². The Hall–Kier alpha value is -2.03. The van der Waals surface area contributed by atoms with Gasteiger partial charge in [-0.3, -0.25) is 4.79 Å². The van der Waals surface area contributed by atoms with Gasteiger partial charge in [-0.1, -0.05) is 17.7 Å². The summed E-state index contributed by atoms with van der Waals surface area (Å²) >= 11 is 7.27. The summed E-state index contributed by atoms with van der Waals surface area (Å²) in [5.41, 5.74) is 1.44. The van der Waals surface area contributed by atoms with Crippen LogP contribution in [0.4, 0.5) is 5.00 Å². The lowest BCUT2D eigenvalue weighted by Gasteiger charge is -2.08. The number of anilines is 1. The molecule has 102 valence electrons. The molecule has 0 aliphatic rings. The molecule has 6 heteroatoms. The molecule has 0 fully saturated rings. The van der Waals surface area contributed by atoms with Crippen molar-refractivity contribution in [2.75, 3.05) is 11.9 Å². The summed E-state index contributed by atoms with van der Waals surface area (Å²) in [4.78, 5) is 11.8. The second kappa shape index (κ2) is 6.42. The number of nitrogens with one attached hydrogen (secondary N) is 1. The number of thiophene rings is 1. The molecular formula is C14H11ClN2O2S. The Morgan fingerprint density at radius 3 is 3.05 bits per heavy atom. The minimum absolute atomic E-state index is 0.161. The van der Waals surface area contributed by atoms with Crippen LogP contribution in [-0.2, 0) is 4.79 Å². The van der Waals surface area contributed by atoms with Crippen molar-refractivity contribution in [2.24, 2.45) is 0 Å². The van der Waals surface area contributed by atoms with E-state index in [0.717, 1.165) is 5.56 Å². The molecule has 0 unspecified atom stereocenters. The Balaban J connectivity index is 1.96. The highest BCUT2D eigenvalue weighted by Crippen LogP contribution is 2.25. The van der Waals surface area contributed by atoms with Crippen LogP contribution in [0.5, 0.6) is 5.75 Å². The molecule has 0 radical (unpaired) electrons. The molecule has 0 aliphatic carbocycles. The summed E-state index contributed by atoms with van der Waals surface area (Å²) < 4.78 is 5.38. The van der Waals surface area contributed by atoms with E-state index in [4.69, 9.17) is 21.6 Å². The highest BCUT2D eigenvalue weighted by Gasteiger charge is 2.10. The van der Waals surface area contributed by atoms with Gasteiger partial charge >= 0.3 is 0 Å². The zero-order valence-electron chi connectivity index (χ0n) is 10.6. The number of rotatable bonds is 4. The Kier molecular flexibility index (Phi) is 4.61. The van der Waals surface area contributed by atoms with E-state index in [9.17, 15) is 4.79 Å². The first-order valence-corrected chi connectivity index (χ1v) is 7.02. The Morgan fingerprint density at radius 1 is 1.50 bits per heavy atom. The van der Waals surface area contributed by atoms with Crippen molar-refractivity contribution in [2.45, 2.75) is 6.92 Å². The van der Waals surface area contributed by atoms with Crippen LogP contribution in [0.15, 0.2) is 29.6 Å². The van der Waals surface area contributed by atoms with Crippen LogP contribution in [-0.4, -0.2) is 12.5 Å². The molecule has 4 nitrogen and oxygen atoms in total. The SMILES string of the molecule is Cc1ccc(Cl)c(OCC(=O)Nc2sccc2C#N)c1. The molecule has 1 heterocycles. The standard InChI is InChI=1S/C14H11ClN2O2S/c1-9-2-3-11(15)12(6-9)19-8-13(18)17-14-10(7-16)4-5-20-14/h2-6H,8H2,1H3,(H,17,18). The fraction of sp³-hybridized carbons (Fsp3) is 0.143. The van der Waals surface area contributed by atoms with E-state index >= 15 is 0 Å². The van der Waals surface area contributed by atoms with Crippen molar-refractivity contribution in [1.29, 1.82) is 5.26 Å². The van der Waals surface area contributed by atoms with Crippen molar-refractivity contribution in [3.05, 3.63) is 45.8 Å². The molecule has 1 N–H and O–H groups in total. The van der Waals surface area contributed by atoms with E-state index in [2.05, 4.69) is 5.32 Å². The van der Waals surface area contributed by atoms with E-state index in [0.29, 0.717) is 21.3 Å². The maximum atomic E-state index is 11.8. The Morgan fingerprint density at radius 2 is 2.30 bits per heavy atom. The van der Waals surface area contributed by atoms with E-state index < -0.39 is 0 Å². The second-order valence-electron chi connectivity index (χ2n) is 4.05. The summed E-state index contributed by atoms with van der Waals surface area (Å²) in [5.74, 6) is 0.134. The molecule has 1 aromatic carbocycles. The number of benzene rings is 1. The number of hydrogen-bond donors (Lipinski definition) is 1. The number of nitrogens with zero attached hydrogens (tertiary/aromatic N) is 1. The molecule has 0 saturated carbocycles. The third-order valence-corrected chi connectivity index (χ3v) is 3.63. The lowest BCUT2D eigenvalue weighted by atomic mass is 10.2. The minimum Gasteiger partial charge on any atom is -0.482 e. The fourth-order valence-electron chi connectivity index (χ4n) is 1.52. The molecule has 0 bridgehead atoms. The monoisotopic (exact) mass is 306 g/mol. The molecule has 20 heavy (non-hydrogen) atoms. The zero-order chi connectivity index (χ0) is 14.5. The third-order valence-electron chi connectivity index (χ3n) is 2.48. The Labute approximate surface area is 125 Å². The van der Waals surface area contributed by atoms with Gasteiger partial charge in [-0.2, -0.15) is 5.26 Å². The van der Waals surface area contributed by atoms with E-state index in [1.165, 1.54) is 11.3 Å². The van der Waals surface area contributed by atoms with Crippen LogP contribution < -0.4 is 10.1 Å². The number of ether oxygens (including phenoxy) is 1. The van der Waals surface area contributed by atoms with Crippen LogP contribution >= 0.6 is 22.9 Å². The van der Waals surface area contributed by atoms with Gasteiger partial charge in [0.25, 0.3) is 5.91 Å². The number of carbonyl (C=O) groups is 1. The van der Waals surface area contributed by atoms with E-state index in [-0.39, 0.29) is 12.5 Å². The summed E-state index contributed by atoms with van der Waals surface area (Å²) in [6.07, 6.45) is 0. The van der Waals surface area contributed by atoms with Crippen LogP contribution in [0.2, 0.25) is 5.02 Å². The predicted molar refractivity (Wildman–Crippen MR) is 79.3 cm³/mol. The van der Waals surface area contributed by atoms with Gasteiger partial charge in [-0.05, 0) is 36.1 Å². The highest BCUT2D eigenvalue weighted by molar-refractivity contribution is 7.14. The number of nitriles is 1. The Bertz CT molecular complexity index is 676. The summed E-state index contributed by atoms with van der Waals surface area (Å²) in [6.45, 7) is 1.75. The van der Waals surface area contributed by atoms with E-state index in [1.807, 2.05) is 19.1 Å². The van der Waals surface area contributed by atoms with Gasteiger partial charge < -0.3 is 10.1 Å². The van der Waals surface area contributed by atoms with Crippen LogP contribution in [0.3, 0.4) is 0 Å². The first-order valence-electron chi connectivity index (χ1n) is 5.76. The maximum Gasteiger partial charge on any atom is 0.262 e. The van der Waals surface area contributed by atoms with Crippen molar-refractivity contribution in [3.63, 3.8) is 0 Å². The second-order valence-corrected chi connectivity index (χ2v) is 5.37. The molecule has 0 saturated heterocycles. The van der Waals surface area contributed by atoms with Gasteiger partial charge in [0.15, 0.2) is 6.61 Å². The summed E-state index contributed by atoms with van der Waals surface area (Å²) in [7, 11) is 0. The lowest BCUT2D eigenvalue weighted by molar-refractivity contribution is -0.118. The topological polar surface area (TPSA) is 62.1 Å². The molecule has 2 rings (SSSR count). The molecule has 0 atom stereocenters. The molecular weight excluding hydrogens is 296 g/mol. The van der Waals surface area contributed by atoms with Gasteiger partial charge in [0, 0.05) is 0 Å². The average Bonchev–Trinajstić information content (AvgIpc) is 2.87. The maximum absolute atomic E-state index is 11.8. The van der Waals surface area contributed by atoms with Gasteiger partial charge in [0.05, 0.1) is 10.6 Å². The molecule has 1 aromatic heterocycles. The van der Waals surface area contributed by atoms with Crippen LogP contribution in [0.25, 0.3) is 0 Å². The predicted octanol–water partition coefficient (Wildman–Crippen LogP) is 3.60. The number of carbonyl (C=O) groups excluding carboxylic acids is 1. The van der Waals surface area contributed by atoms with Crippen molar-refractivity contribution < 1.29 is 9.53 Å². The van der Waals surface area contributed by atoms with Crippen molar-refractivity contribution in [1.82, 2.24) is 0 Å². The van der Waals surface area contributed by atoms with Gasteiger partial charge in [0.2, 0.25) is 0 Å². The van der Waals surface area contributed by atoms with Gasteiger partial charge in [-0.25, -0.2) is 0 Å². The van der Waals surface area contributed by atoms with Gasteiger partial charge in [0.1, 0.15) is 16.8 Å². The largest absolute Gasteiger partial charge is 0.482 e. The average molecular weight is 307 g/mol. The van der Waals surface area contributed by atoms with Crippen LogP contribution in [0.1, 0.15) is 11.1 Å². The zero-order valence-corrected chi connectivity index (χ0v) is 12.2. The molecule has 2 aromatic rings. The lowest BCUT2D eigenvalue weighted by Crippen LogP contribution is -2.20. The summed E-state index contributed by atoms with van der Waals surface area (Å²) in [6, 6.07) is 9.00. The first-order chi connectivity index (χ1) is 9.60. The number of amides is 1. The molecule has 0 spiro atoms. The smallest absolute Gasteiger partial charge is 0.262 e. The fourth-order valence-corrected chi connectivity index (χ4v) is 2.45. The number of hydrogen-bond acceptors (Lipinski definition) is 4. The first kappa shape index (κ1) is 14.4. The minimum atomic E-state index is -0.332. The van der Waals surface area contributed by atoms with Crippen LogP contribution in [0, 0.1) is 18.3 Å². The number of aryl methyl sites for hydroxylation is 1. The van der Waals surface area contributed by atoms with Gasteiger partial charge in [-0.15, -0.1) is 11.3 Å². The quantitative estimate of drug-likeness (QED) is 0.938. The van der Waals surface area contributed by atoms with Crippen molar-refractivity contribution >= 4 is 33.8 Å². The molecule has 0 aliphatic heterocycles. The third kappa shape index (κ3) is 3.50. The molecule has 1 amide bonds. The summed E-state index contributed by atoms with van der Waals surface area (Å²) in [5, 5.41) is 14.2. The highest BCUT2D eigenvalue weighted by atomic mass is 35.5. The normalized spacial score (nSPS) is 9.85. The number of halogens is 1. The van der Waals surface area contributed by atoms with E-state index in [1.54, 1.807) is 23.6 Å².